The Morgan fingerprint density at radius 1 is 0.867 bits per heavy atom. The number of fused-ring (bicyclic) bond motifs is 1. The van der Waals surface area contributed by atoms with Crippen LogP contribution in [0.3, 0.4) is 0 Å². The van der Waals surface area contributed by atoms with Gasteiger partial charge in [0.05, 0.1) is 6.61 Å². The second kappa shape index (κ2) is 2.08. The molecule has 3 fully saturated rings. The molecule has 0 N–H and O–H groups in total. The summed E-state index contributed by atoms with van der Waals surface area (Å²) in [7, 11) is 0. The number of ether oxygens (including phenoxy) is 3. The highest BCUT2D eigenvalue weighted by Gasteiger charge is 2.86. The molecular formula is C8H4O7. The zero-order valence-corrected chi connectivity index (χ0v) is 7.27. The zero-order valence-electron chi connectivity index (χ0n) is 7.27. The molecule has 0 saturated carbocycles. The van der Waals surface area contributed by atoms with Crippen LogP contribution in [0.15, 0.2) is 0 Å². The SMILES string of the molecule is O=C1OC(=O)C12CCOC21C(=O)OC1=O. The molecule has 3 aliphatic rings. The Morgan fingerprint density at radius 3 is 1.80 bits per heavy atom. The Kier molecular flexibility index (Phi) is 1.19. The molecule has 78 valence electrons. The minimum Gasteiger partial charge on any atom is -0.391 e. The van der Waals surface area contributed by atoms with Crippen LogP contribution in [-0.2, 0) is 33.4 Å². The van der Waals surface area contributed by atoms with Gasteiger partial charge in [0.15, 0.2) is 0 Å². The highest BCUT2D eigenvalue weighted by molar-refractivity contribution is 6.30. The van der Waals surface area contributed by atoms with Crippen molar-refractivity contribution in [2.75, 3.05) is 6.61 Å². The van der Waals surface area contributed by atoms with Crippen LogP contribution in [0.1, 0.15) is 6.42 Å². The fourth-order valence-electron chi connectivity index (χ4n) is 2.17. The molecule has 7 nitrogen and oxygen atoms in total. The molecule has 7 heteroatoms. The summed E-state index contributed by atoms with van der Waals surface area (Å²) < 4.78 is 13.3. The van der Waals surface area contributed by atoms with Crippen LogP contribution in [-0.4, -0.2) is 36.1 Å². The van der Waals surface area contributed by atoms with Crippen molar-refractivity contribution in [2.24, 2.45) is 5.41 Å². The van der Waals surface area contributed by atoms with E-state index in [4.69, 9.17) is 4.74 Å². The second-order valence-corrected chi connectivity index (χ2v) is 3.54. The highest BCUT2D eigenvalue weighted by atomic mass is 16.7. The lowest BCUT2D eigenvalue weighted by Gasteiger charge is -2.44. The Labute approximate surface area is 82.3 Å². The summed E-state index contributed by atoms with van der Waals surface area (Å²) in [6.07, 6.45) is -0.0223. The van der Waals surface area contributed by atoms with Crippen LogP contribution in [0.5, 0.6) is 0 Å². The Bertz CT molecular complexity index is 366. The molecular weight excluding hydrogens is 208 g/mol. The first-order valence-corrected chi connectivity index (χ1v) is 4.23. The molecule has 15 heavy (non-hydrogen) atoms. The third-order valence-electron chi connectivity index (χ3n) is 3.04. The van der Waals surface area contributed by atoms with Crippen molar-refractivity contribution >= 4 is 23.9 Å². The fourth-order valence-corrected chi connectivity index (χ4v) is 2.17. The van der Waals surface area contributed by atoms with Gasteiger partial charge in [-0.3, -0.25) is 9.59 Å². The normalized spacial score (nSPS) is 29.9. The van der Waals surface area contributed by atoms with Crippen molar-refractivity contribution in [3.05, 3.63) is 0 Å². The smallest absolute Gasteiger partial charge is 0.359 e. The van der Waals surface area contributed by atoms with Crippen molar-refractivity contribution in [3.8, 4) is 0 Å². The van der Waals surface area contributed by atoms with Crippen LogP contribution in [0, 0.1) is 5.41 Å². The molecule has 0 aromatic rings. The van der Waals surface area contributed by atoms with Gasteiger partial charge in [-0.1, -0.05) is 0 Å². The average molecular weight is 212 g/mol. The molecule has 3 aliphatic heterocycles. The molecule has 0 amide bonds. The van der Waals surface area contributed by atoms with Gasteiger partial charge in [-0.25, -0.2) is 9.59 Å². The van der Waals surface area contributed by atoms with Gasteiger partial charge >= 0.3 is 23.9 Å². The lowest BCUT2D eigenvalue weighted by Crippen LogP contribution is -2.76. The van der Waals surface area contributed by atoms with E-state index in [2.05, 4.69) is 9.47 Å². The molecule has 3 heterocycles. The van der Waals surface area contributed by atoms with E-state index >= 15 is 0 Å². The number of hydrogen-bond donors (Lipinski definition) is 0. The number of cyclic esters (lactones) is 4. The summed E-state index contributed by atoms with van der Waals surface area (Å²) in [6, 6.07) is 0. The average Bonchev–Trinajstić information content (AvgIpc) is 2.64. The minimum absolute atomic E-state index is 0.0223. The highest BCUT2D eigenvalue weighted by Crippen LogP contribution is 2.55. The number of rotatable bonds is 0. The monoisotopic (exact) mass is 212 g/mol. The van der Waals surface area contributed by atoms with Crippen LogP contribution < -0.4 is 0 Å². The van der Waals surface area contributed by atoms with E-state index in [1.165, 1.54) is 0 Å². The summed E-state index contributed by atoms with van der Waals surface area (Å²) in [5.41, 5.74) is -3.83. The molecule has 0 radical (unpaired) electrons. The zero-order chi connectivity index (χ0) is 10.8. The molecule has 3 rings (SSSR count). The standard InChI is InChI=1S/C8H4O7/c9-3-7(4(10)14-3)1-2-13-8(7)5(11)15-6(8)12/h1-2H2. The van der Waals surface area contributed by atoms with Crippen LogP contribution in [0.2, 0.25) is 0 Å². The largest absolute Gasteiger partial charge is 0.391 e. The van der Waals surface area contributed by atoms with Gasteiger partial charge in [0, 0.05) is 6.42 Å². The van der Waals surface area contributed by atoms with E-state index in [-0.39, 0.29) is 13.0 Å². The first-order valence-electron chi connectivity index (χ1n) is 4.23. The number of esters is 4. The van der Waals surface area contributed by atoms with Gasteiger partial charge in [-0.2, -0.15) is 0 Å². The van der Waals surface area contributed by atoms with E-state index < -0.39 is 34.9 Å². The maximum atomic E-state index is 11.3. The van der Waals surface area contributed by atoms with Crippen molar-refractivity contribution in [1.29, 1.82) is 0 Å². The van der Waals surface area contributed by atoms with Gasteiger partial charge in [0.25, 0.3) is 5.60 Å². The minimum atomic E-state index is -2.06. The number of carbonyl (C=O) groups excluding carboxylic acids is 4. The molecule has 3 saturated heterocycles. The van der Waals surface area contributed by atoms with Crippen LogP contribution in [0.4, 0.5) is 0 Å². The van der Waals surface area contributed by atoms with E-state index in [1.54, 1.807) is 0 Å². The molecule has 0 aromatic heterocycles. The Hall–Kier alpha value is -1.76. The fraction of sp³-hybridized carbons (Fsp3) is 0.500. The van der Waals surface area contributed by atoms with Crippen LogP contribution in [0.25, 0.3) is 0 Å². The third kappa shape index (κ3) is 0.575. The summed E-state index contributed by atoms with van der Waals surface area (Å²) in [4.78, 5) is 45.0. The van der Waals surface area contributed by atoms with Gasteiger partial charge in [-0.05, 0) is 0 Å². The molecule has 0 atom stereocenters. The molecule has 0 bridgehead atoms. The molecule has 2 spiro atoms. The molecule has 0 unspecified atom stereocenters. The van der Waals surface area contributed by atoms with Crippen molar-refractivity contribution in [3.63, 3.8) is 0 Å². The van der Waals surface area contributed by atoms with Gasteiger partial charge < -0.3 is 14.2 Å². The second-order valence-electron chi connectivity index (χ2n) is 3.54. The van der Waals surface area contributed by atoms with Crippen molar-refractivity contribution < 1.29 is 33.4 Å². The Balaban J connectivity index is 2.17. The van der Waals surface area contributed by atoms with Gasteiger partial charge in [0.1, 0.15) is 0 Å². The van der Waals surface area contributed by atoms with E-state index in [9.17, 15) is 19.2 Å². The predicted molar refractivity (Wildman–Crippen MR) is 37.9 cm³/mol. The third-order valence-corrected chi connectivity index (χ3v) is 3.04. The number of carbonyl (C=O) groups is 4. The lowest BCUT2D eigenvalue weighted by molar-refractivity contribution is -0.240. The first kappa shape index (κ1) is 8.54. The number of hydrogen-bond acceptors (Lipinski definition) is 7. The summed E-state index contributed by atoms with van der Waals surface area (Å²) in [6.45, 7) is -0.0261. The van der Waals surface area contributed by atoms with Crippen LogP contribution >= 0.6 is 0 Å². The van der Waals surface area contributed by atoms with Gasteiger partial charge in [-0.15, -0.1) is 0 Å². The van der Waals surface area contributed by atoms with Crippen molar-refractivity contribution in [1.82, 2.24) is 0 Å². The van der Waals surface area contributed by atoms with E-state index in [0.29, 0.717) is 0 Å². The summed E-state index contributed by atoms with van der Waals surface area (Å²) in [5, 5.41) is 0. The molecule has 0 aliphatic carbocycles. The van der Waals surface area contributed by atoms with Gasteiger partial charge in [0.2, 0.25) is 5.41 Å². The van der Waals surface area contributed by atoms with E-state index in [0.717, 1.165) is 0 Å². The first-order chi connectivity index (χ1) is 7.05. The summed E-state index contributed by atoms with van der Waals surface area (Å²) in [5.74, 6) is -3.77. The predicted octanol–water partition coefficient (Wildman–Crippen LogP) is -1.70. The summed E-state index contributed by atoms with van der Waals surface area (Å²) >= 11 is 0. The molecule has 0 aromatic carbocycles. The topological polar surface area (TPSA) is 96.0 Å². The van der Waals surface area contributed by atoms with E-state index in [1.807, 2.05) is 0 Å². The Morgan fingerprint density at radius 2 is 1.40 bits per heavy atom. The maximum absolute atomic E-state index is 11.3. The maximum Gasteiger partial charge on any atom is 0.359 e. The quantitative estimate of drug-likeness (QED) is 0.348. The van der Waals surface area contributed by atoms with Crippen molar-refractivity contribution in [2.45, 2.75) is 12.0 Å². The lowest BCUT2D eigenvalue weighted by atomic mass is 9.66.